The number of fused-ring (bicyclic) bond motifs is 1. The third kappa shape index (κ3) is 3.44. The third-order valence-corrected chi connectivity index (χ3v) is 4.33. The van der Waals surface area contributed by atoms with Crippen molar-refractivity contribution in [3.63, 3.8) is 0 Å². The zero-order chi connectivity index (χ0) is 14.9. The number of nitrogens with zero attached hydrogens (tertiary/aromatic N) is 1. The molecule has 114 valence electrons. The Kier molecular flexibility index (Phi) is 4.25. The van der Waals surface area contributed by atoms with Gasteiger partial charge in [0.25, 0.3) is 0 Å². The number of piperidine rings is 1. The van der Waals surface area contributed by atoms with Gasteiger partial charge in [-0.15, -0.1) is 0 Å². The molecule has 2 rings (SSSR count). The summed E-state index contributed by atoms with van der Waals surface area (Å²) >= 11 is 0. The topological polar surface area (TPSA) is 66.8 Å². The molecule has 2 aliphatic rings. The number of carbonyl (C=O) groups excluding carboxylic acids is 1. The minimum atomic E-state index is -0.782. The molecule has 5 nitrogen and oxygen atoms in total. The molecule has 2 fully saturated rings. The summed E-state index contributed by atoms with van der Waals surface area (Å²) < 4.78 is 5.38. The molecule has 1 aliphatic heterocycles. The fraction of sp³-hybridized carbons (Fsp3) is 0.867. The lowest BCUT2D eigenvalue weighted by molar-refractivity contribution is -0.148. The van der Waals surface area contributed by atoms with Crippen LogP contribution in [0.1, 0.15) is 46.5 Å². The summed E-state index contributed by atoms with van der Waals surface area (Å²) in [7, 11) is 0. The summed E-state index contributed by atoms with van der Waals surface area (Å²) in [5.41, 5.74) is -0.542. The van der Waals surface area contributed by atoms with Crippen LogP contribution in [0.2, 0.25) is 0 Å². The van der Waals surface area contributed by atoms with Crippen molar-refractivity contribution < 1.29 is 19.4 Å². The molecule has 1 heterocycles. The number of rotatable bonds is 1. The van der Waals surface area contributed by atoms with Gasteiger partial charge >= 0.3 is 12.1 Å². The van der Waals surface area contributed by atoms with Crippen LogP contribution in [0.15, 0.2) is 0 Å². The van der Waals surface area contributed by atoms with E-state index in [9.17, 15) is 14.7 Å². The molecule has 0 aromatic rings. The van der Waals surface area contributed by atoms with E-state index in [1.807, 2.05) is 20.8 Å². The Morgan fingerprint density at radius 1 is 1.15 bits per heavy atom. The summed E-state index contributed by atoms with van der Waals surface area (Å²) in [5.74, 6) is -0.692. The predicted octanol–water partition coefficient (Wildman–Crippen LogP) is 2.74. The number of hydrogen-bond donors (Lipinski definition) is 1. The van der Waals surface area contributed by atoms with Gasteiger partial charge in [-0.3, -0.25) is 4.79 Å². The molecule has 1 N–H and O–H groups in total. The molecule has 1 saturated heterocycles. The Morgan fingerprint density at radius 3 is 2.40 bits per heavy atom. The first-order valence-corrected chi connectivity index (χ1v) is 7.48. The molecular formula is C15H25NO4. The molecule has 0 bridgehead atoms. The number of aliphatic carboxylic acids is 1. The molecule has 3 atom stereocenters. The fourth-order valence-corrected chi connectivity index (χ4v) is 3.46. The van der Waals surface area contributed by atoms with E-state index in [-0.39, 0.29) is 18.6 Å². The summed E-state index contributed by atoms with van der Waals surface area (Å²) in [6.45, 7) is 6.40. The van der Waals surface area contributed by atoms with Crippen LogP contribution < -0.4 is 0 Å². The highest BCUT2D eigenvalue weighted by Gasteiger charge is 2.43. The maximum atomic E-state index is 12.2. The van der Waals surface area contributed by atoms with E-state index in [0.29, 0.717) is 12.5 Å². The van der Waals surface area contributed by atoms with Crippen molar-refractivity contribution in [1.82, 2.24) is 4.90 Å². The van der Waals surface area contributed by atoms with Crippen LogP contribution in [0.25, 0.3) is 0 Å². The Morgan fingerprint density at radius 2 is 1.80 bits per heavy atom. The number of carboxylic acid groups (broad SMARTS) is 1. The van der Waals surface area contributed by atoms with Gasteiger partial charge in [0.15, 0.2) is 0 Å². The van der Waals surface area contributed by atoms with Gasteiger partial charge in [0, 0.05) is 13.1 Å². The number of amides is 1. The van der Waals surface area contributed by atoms with Gasteiger partial charge in [-0.05, 0) is 45.4 Å². The quantitative estimate of drug-likeness (QED) is 0.803. The van der Waals surface area contributed by atoms with E-state index in [4.69, 9.17) is 4.74 Å². The van der Waals surface area contributed by atoms with Gasteiger partial charge in [0.1, 0.15) is 5.60 Å². The van der Waals surface area contributed by atoms with E-state index < -0.39 is 17.5 Å². The Hall–Kier alpha value is -1.26. The maximum Gasteiger partial charge on any atom is 0.410 e. The summed E-state index contributed by atoms with van der Waals surface area (Å²) in [6, 6.07) is 0. The second-order valence-corrected chi connectivity index (χ2v) is 7.04. The first-order valence-electron chi connectivity index (χ1n) is 7.48. The van der Waals surface area contributed by atoms with Crippen molar-refractivity contribution in [2.24, 2.45) is 17.8 Å². The van der Waals surface area contributed by atoms with Gasteiger partial charge in [-0.1, -0.05) is 12.8 Å². The van der Waals surface area contributed by atoms with Gasteiger partial charge < -0.3 is 14.7 Å². The van der Waals surface area contributed by atoms with E-state index in [1.54, 1.807) is 4.90 Å². The third-order valence-electron chi connectivity index (χ3n) is 4.33. The molecule has 0 aromatic carbocycles. The first kappa shape index (κ1) is 15.1. The van der Waals surface area contributed by atoms with Crippen LogP contribution in [0, 0.1) is 17.8 Å². The molecular weight excluding hydrogens is 258 g/mol. The monoisotopic (exact) mass is 283 g/mol. The second kappa shape index (κ2) is 5.62. The molecule has 1 saturated carbocycles. The number of carboxylic acids is 1. The molecule has 0 unspecified atom stereocenters. The highest BCUT2D eigenvalue weighted by molar-refractivity contribution is 5.74. The van der Waals surface area contributed by atoms with E-state index in [0.717, 1.165) is 25.7 Å². The predicted molar refractivity (Wildman–Crippen MR) is 74.4 cm³/mol. The van der Waals surface area contributed by atoms with Crippen LogP contribution in [0.4, 0.5) is 4.79 Å². The average molecular weight is 283 g/mol. The first-order chi connectivity index (χ1) is 9.28. The van der Waals surface area contributed by atoms with E-state index in [2.05, 4.69) is 0 Å². The standard InChI is InChI=1S/C15H25NO4/c1-15(2,3)20-14(19)16-8-10-6-4-5-7-11(10)12(9-16)13(17)18/h10-12H,4-9H2,1-3H3,(H,17,18)/t10-,11-,12-/m0/s1. The Labute approximate surface area is 120 Å². The van der Waals surface area contributed by atoms with Crippen LogP contribution in [-0.2, 0) is 9.53 Å². The largest absolute Gasteiger partial charge is 0.481 e. The second-order valence-electron chi connectivity index (χ2n) is 7.04. The molecule has 0 aromatic heterocycles. The lowest BCUT2D eigenvalue weighted by Gasteiger charge is -2.44. The summed E-state index contributed by atoms with van der Waals surface area (Å²) in [4.78, 5) is 25.2. The number of ether oxygens (including phenoxy) is 1. The van der Waals surface area contributed by atoms with Crippen LogP contribution in [0.5, 0.6) is 0 Å². The van der Waals surface area contributed by atoms with Crippen molar-refractivity contribution in [3.05, 3.63) is 0 Å². The molecule has 1 aliphatic carbocycles. The zero-order valence-corrected chi connectivity index (χ0v) is 12.6. The molecule has 20 heavy (non-hydrogen) atoms. The molecule has 5 heteroatoms. The highest BCUT2D eigenvalue weighted by Crippen LogP contribution is 2.39. The van der Waals surface area contributed by atoms with Crippen LogP contribution >= 0.6 is 0 Å². The number of hydrogen-bond acceptors (Lipinski definition) is 3. The lowest BCUT2D eigenvalue weighted by atomic mass is 9.70. The van der Waals surface area contributed by atoms with Gasteiger partial charge in [-0.2, -0.15) is 0 Å². The summed E-state index contributed by atoms with van der Waals surface area (Å²) in [6.07, 6.45) is 3.86. The molecule has 0 radical (unpaired) electrons. The van der Waals surface area contributed by atoms with Crippen molar-refractivity contribution in [1.29, 1.82) is 0 Å². The fourth-order valence-electron chi connectivity index (χ4n) is 3.46. The maximum absolute atomic E-state index is 12.2. The SMILES string of the molecule is CC(C)(C)OC(=O)N1C[C@@H]2CCCC[C@@H]2[C@@H](C(=O)O)C1. The number of carbonyl (C=O) groups is 2. The van der Waals surface area contributed by atoms with E-state index >= 15 is 0 Å². The minimum absolute atomic E-state index is 0.222. The average Bonchev–Trinajstić information content (AvgIpc) is 2.35. The van der Waals surface area contributed by atoms with Crippen molar-refractivity contribution >= 4 is 12.1 Å². The van der Waals surface area contributed by atoms with E-state index in [1.165, 1.54) is 0 Å². The highest BCUT2D eigenvalue weighted by atomic mass is 16.6. The van der Waals surface area contributed by atoms with Crippen molar-refractivity contribution in [3.8, 4) is 0 Å². The van der Waals surface area contributed by atoms with Crippen molar-refractivity contribution in [2.75, 3.05) is 13.1 Å². The summed E-state index contributed by atoms with van der Waals surface area (Å²) in [5, 5.41) is 9.43. The molecule has 0 spiro atoms. The van der Waals surface area contributed by atoms with Gasteiger partial charge in [0.05, 0.1) is 5.92 Å². The minimum Gasteiger partial charge on any atom is -0.481 e. The molecule has 1 amide bonds. The lowest BCUT2D eigenvalue weighted by Crippen LogP contribution is -2.52. The zero-order valence-electron chi connectivity index (χ0n) is 12.6. The van der Waals surface area contributed by atoms with Gasteiger partial charge in [-0.25, -0.2) is 4.79 Å². The Balaban J connectivity index is 2.08. The normalized spacial score (nSPS) is 30.6. The van der Waals surface area contributed by atoms with Crippen LogP contribution in [-0.4, -0.2) is 40.8 Å². The van der Waals surface area contributed by atoms with Crippen LogP contribution in [0.3, 0.4) is 0 Å². The van der Waals surface area contributed by atoms with Gasteiger partial charge in [0.2, 0.25) is 0 Å². The number of likely N-dealkylation sites (tertiary alicyclic amines) is 1. The van der Waals surface area contributed by atoms with Crippen molar-refractivity contribution in [2.45, 2.75) is 52.1 Å². The smallest absolute Gasteiger partial charge is 0.410 e. The Bertz CT molecular complexity index is 388.